The van der Waals surface area contributed by atoms with Crippen LogP contribution in [-0.4, -0.2) is 25.0 Å². The summed E-state index contributed by atoms with van der Waals surface area (Å²) in [6.45, 7) is 4.21. The van der Waals surface area contributed by atoms with Crippen LogP contribution in [0.1, 0.15) is 31.4 Å². The minimum absolute atomic E-state index is 0.532. The minimum atomic E-state index is 0.532. The molecule has 2 atom stereocenters. The lowest BCUT2D eigenvalue weighted by Gasteiger charge is -2.30. The highest BCUT2D eigenvalue weighted by Gasteiger charge is 2.27. The Morgan fingerprint density at radius 3 is 2.89 bits per heavy atom. The minimum Gasteiger partial charge on any atom is -0.381 e. The van der Waals surface area contributed by atoms with Crippen molar-refractivity contribution in [1.29, 1.82) is 0 Å². The Morgan fingerprint density at radius 2 is 2.06 bits per heavy atom. The van der Waals surface area contributed by atoms with Crippen LogP contribution < -0.4 is 5.32 Å². The Morgan fingerprint density at radius 1 is 1.28 bits per heavy atom. The maximum atomic E-state index is 5.44. The number of benzene rings is 1. The molecule has 0 spiro atoms. The van der Waals surface area contributed by atoms with Gasteiger partial charge in [0.2, 0.25) is 0 Å². The monoisotopic (exact) mass is 263 g/mol. The topological polar surface area (TPSA) is 21.3 Å². The van der Waals surface area contributed by atoms with Gasteiger partial charge in [0, 0.05) is 35.9 Å². The molecule has 98 valence electrons. The normalized spacial score (nSPS) is 25.9. The summed E-state index contributed by atoms with van der Waals surface area (Å²) in [5.41, 5.74) is 1.49. The average Bonchev–Trinajstić information content (AvgIpc) is 2.83. The molecule has 1 fully saturated rings. The van der Waals surface area contributed by atoms with E-state index in [4.69, 9.17) is 4.74 Å². The van der Waals surface area contributed by atoms with Gasteiger partial charge >= 0.3 is 0 Å². The summed E-state index contributed by atoms with van der Waals surface area (Å²) in [5, 5.41) is 3.83. The van der Waals surface area contributed by atoms with Gasteiger partial charge in [-0.15, -0.1) is 11.8 Å². The molecule has 1 aromatic rings. The summed E-state index contributed by atoms with van der Waals surface area (Å²) >= 11 is 1.98. The summed E-state index contributed by atoms with van der Waals surface area (Å²) in [4.78, 5) is 1.45. The lowest BCUT2D eigenvalue weighted by molar-refractivity contribution is 0.0548. The summed E-state index contributed by atoms with van der Waals surface area (Å²) < 4.78 is 5.44. The lowest BCUT2D eigenvalue weighted by atomic mass is 9.92. The molecule has 2 nitrogen and oxygen atoms in total. The van der Waals surface area contributed by atoms with Crippen LogP contribution in [0.25, 0.3) is 0 Å². The number of rotatable bonds is 3. The molecule has 2 aliphatic rings. The van der Waals surface area contributed by atoms with Gasteiger partial charge < -0.3 is 10.1 Å². The highest BCUT2D eigenvalue weighted by Crippen LogP contribution is 2.38. The zero-order valence-corrected chi connectivity index (χ0v) is 11.7. The number of nitrogens with one attached hydrogen (secondary N) is 1. The third kappa shape index (κ3) is 2.58. The highest BCUT2D eigenvalue weighted by atomic mass is 32.2. The third-order valence-corrected chi connectivity index (χ3v) is 5.32. The van der Waals surface area contributed by atoms with Gasteiger partial charge in [0.05, 0.1) is 0 Å². The summed E-state index contributed by atoms with van der Waals surface area (Å²) in [6, 6.07) is 9.91. The van der Waals surface area contributed by atoms with Crippen LogP contribution in [0.4, 0.5) is 0 Å². The average molecular weight is 263 g/mol. The number of ether oxygens (including phenoxy) is 1. The maximum absolute atomic E-state index is 5.44. The molecule has 0 radical (unpaired) electrons. The quantitative estimate of drug-likeness (QED) is 0.904. The second kappa shape index (κ2) is 5.64. The van der Waals surface area contributed by atoms with Crippen molar-refractivity contribution in [2.45, 2.75) is 36.7 Å². The van der Waals surface area contributed by atoms with Crippen LogP contribution >= 0.6 is 11.8 Å². The fraction of sp³-hybridized carbons (Fsp3) is 0.600. The molecule has 0 aromatic heterocycles. The van der Waals surface area contributed by atoms with E-state index in [2.05, 4.69) is 36.5 Å². The van der Waals surface area contributed by atoms with E-state index in [9.17, 15) is 0 Å². The maximum Gasteiger partial charge on any atom is 0.0469 e. The molecule has 1 saturated heterocycles. The molecular formula is C15H21NOS. The number of hydrogen-bond acceptors (Lipinski definition) is 3. The highest BCUT2D eigenvalue weighted by molar-refractivity contribution is 7.99. The Kier molecular flexibility index (Phi) is 3.92. The predicted octanol–water partition coefficient (Wildman–Crippen LogP) is 3.24. The number of hydrogen-bond donors (Lipinski definition) is 1. The lowest BCUT2D eigenvalue weighted by Crippen LogP contribution is -2.39. The largest absolute Gasteiger partial charge is 0.381 e. The van der Waals surface area contributed by atoms with Crippen LogP contribution in [-0.2, 0) is 4.74 Å². The summed E-state index contributed by atoms with van der Waals surface area (Å²) in [5.74, 6) is 1.95. The van der Waals surface area contributed by atoms with E-state index in [0.29, 0.717) is 12.1 Å². The van der Waals surface area contributed by atoms with Crippen molar-refractivity contribution in [1.82, 2.24) is 5.32 Å². The van der Waals surface area contributed by atoms with Gasteiger partial charge in [0.1, 0.15) is 0 Å². The Labute approximate surface area is 113 Å². The number of thioether (sulfide) groups is 1. The molecule has 2 unspecified atom stereocenters. The van der Waals surface area contributed by atoms with Crippen molar-refractivity contribution >= 4 is 11.8 Å². The molecule has 0 amide bonds. The zero-order valence-electron chi connectivity index (χ0n) is 10.9. The zero-order chi connectivity index (χ0) is 12.4. The van der Waals surface area contributed by atoms with Gasteiger partial charge in [-0.2, -0.15) is 0 Å². The van der Waals surface area contributed by atoms with E-state index in [-0.39, 0.29) is 0 Å². The van der Waals surface area contributed by atoms with Crippen molar-refractivity contribution in [3.63, 3.8) is 0 Å². The third-order valence-electron chi connectivity index (χ3n) is 4.14. The van der Waals surface area contributed by atoms with Crippen LogP contribution in [0.2, 0.25) is 0 Å². The molecule has 0 saturated carbocycles. The fourth-order valence-corrected chi connectivity index (χ4v) is 4.14. The van der Waals surface area contributed by atoms with E-state index in [1.165, 1.54) is 29.1 Å². The van der Waals surface area contributed by atoms with Crippen LogP contribution in [0.3, 0.4) is 0 Å². The first-order valence-corrected chi connectivity index (χ1v) is 7.88. The first kappa shape index (κ1) is 12.5. The van der Waals surface area contributed by atoms with Gasteiger partial charge in [-0.05, 0) is 37.3 Å². The van der Waals surface area contributed by atoms with Crippen molar-refractivity contribution in [3.05, 3.63) is 29.8 Å². The van der Waals surface area contributed by atoms with E-state index in [1.54, 1.807) is 0 Å². The predicted molar refractivity (Wildman–Crippen MR) is 76.0 cm³/mol. The molecule has 1 N–H and O–H groups in total. The SMILES string of the molecule is CC(NC1CSc2ccccc21)C1CCOCC1. The van der Waals surface area contributed by atoms with Gasteiger partial charge in [0.15, 0.2) is 0 Å². The second-order valence-corrected chi connectivity index (χ2v) is 6.37. The molecule has 3 heteroatoms. The van der Waals surface area contributed by atoms with E-state index >= 15 is 0 Å². The number of fused-ring (bicyclic) bond motifs is 1. The molecule has 1 aromatic carbocycles. The summed E-state index contributed by atoms with van der Waals surface area (Å²) in [6.07, 6.45) is 2.41. The van der Waals surface area contributed by atoms with Crippen molar-refractivity contribution < 1.29 is 4.74 Å². The van der Waals surface area contributed by atoms with Crippen molar-refractivity contribution in [2.24, 2.45) is 5.92 Å². The molecule has 3 rings (SSSR count). The van der Waals surface area contributed by atoms with E-state index < -0.39 is 0 Å². The standard InChI is InChI=1S/C15H21NOS/c1-11(12-6-8-17-9-7-12)16-14-10-18-15-5-3-2-4-13(14)15/h2-5,11-12,14,16H,6-10H2,1H3. The Hall–Kier alpha value is -0.510. The summed E-state index contributed by atoms with van der Waals surface area (Å²) in [7, 11) is 0. The Balaban J connectivity index is 1.63. The van der Waals surface area contributed by atoms with Crippen LogP contribution in [0, 0.1) is 5.92 Å². The molecular weight excluding hydrogens is 242 g/mol. The fourth-order valence-electron chi connectivity index (χ4n) is 2.97. The van der Waals surface area contributed by atoms with E-state index in [1.807, 2.05) is 11.8 Å². The Bertz CT molecular complexity index is 403. The van der Waals surface area contributed by atoms with Gasteiger partial charge in [-0.3, -0.25) is 0 Å². The van der Waals surface area contributed by atoms with Crippen LogP contribution in [0.15, 0.2) is 29.2 Å². The smallest absolute Gasteiger partial charge is 0.0469 e. The van der Waals surface area contributed by atoms with Gasteiger partial charge in [0.25, 0.3) is 0 Å². The first-order chi connectivity index (χ1) is 8.84. The molecule has 2 heterocycles. The van der Waals surface area contributed by atoms with Crippen LogP contribution in [0.5, 0.6) is 0 Å². The van der Waals surface area contributed by atoms with Gasteiger partial charge in [-0.25, -0.2) is 0 Å². The second-order valence-electron chi connectivity index (χ2n) is 5.31. The molecule has 0 aliphatic carbocycles. The van der Waals surface area contributed by atoms with Gasteiger partial charge in [-0.1, -0.05) is 18.2 Å². The molecule has 18 heavy (non-hydrogen) atoms. The first-order valence-electron chi connectivity index (χ1n) is 6.90. The van der Waals surface area contributed by atoms with Crippen molar-refractivity contribution in [3.8, 4) is 0 Å². The van der Waals surface area contributed by atoms with Crippen molar-refractivity contribution in [2.75, 3.05) is 19.0 Å². The molecule has 2 aliphatic heterocycles. The van der Waals surface area contributed by atoms with E-state index in [0.717, 1.165) is 19.1 Å². The molecule has 0 bridgehead atoms.